The van der Waals surface area contributed by atoms with Crippen LogP contribution in [-0.4, -0.2) is 52.5 Å². The highest BCUT2D eigenvalue weighted by Crippen LogP contribution is 2.37. The number of aromatic nitrogens is 1. The highest BCUT2D eigenvalue weighted by molar-refractivity contribution is 5.95. The summed E-state index contributed by atoms with van der Waals surface area (Å²) in [7, 11) is 0. The molecule has 0 spiro atoms. The predicted octanol–water partition coefficient (Wildman–Crippen LogP) is 6.91. The third-order valence-corrected chi connectivity index (χ3v) is 7.08. The van der Waals surface area contributed by atoms with Crippen LogP contribution in [0.15, 0.2) is 78.9 Å². The molecule has 3 aromatic carbocycles. The molecule has 1 aliphatic heterocycles. The first kappa shape index (κ1) is 29.0. The lowest BCUT2D eigenvalue weighted by atomic mass is 10.0. The standard InChI is InChI=1S/C30H25F6N3O3/c31-29(32,33)22-12-21(13-23(15-22)30(34,35)36)27(40)39-11-10-38(28(41)42-18-19-6-2-1-3-7-19)17-25(39)16-24-14-20-8-4-5-9-26(20)37-24/h1-9,12-15,25,37H,10-11,16-18H2. The molecule has 0 saturated carbocycles. The maximum atomic E-state index is 13.6. The van der Waals surface area contributed by atoms with Crippen LogP contribution in [0, 0.1) is 0 Å². The van der Waals surface area contributed by atoms with E-state index in [-0.39, 0.29) is 38.7 Å². The summed E-state index contributed by atoms with van der Waals surface area (Å²) in [6.45, 7) is -0.175. The summed E-state index contributed by atoms with van der Waals surface area (Å²) < 4.78 is 86.4. The molecule has 0 aliphatic carbocycles. The summed E-state index contributed by atoms with van der Waals surface area (Å²) in [5, 5.41) is 0.882. The predicted molar refractivity (Wildman–Crippen MR) is 141 cm³/mol. The zero-order valence-electron chi connectivity index (χ0n) is 22.0. The second-order valence-electron chi connectivity index (χ2n) is 10.0. The minimum Gasteiger partial charge on any atom is -0.445 e. The van der Waals surface area contributed by atoms with Gasteiger partial charge in [0.25, 0.3) is 5.91 Å². The molecule has 1 aliphatic rings. The molecule has 1 N–H and O–H groups in total. The lowest BCUT2D eigenvalue weighted by Crippen LogP contribution is -2.57. The summed E-state index contributed by atoms with van der Waals surface area (Å²) >= 11 is 0. The van der Waals surface area contributed by atoms with Gasteiger partial charge in [-0.05, 0) is 41.3 Å². The van der Waals surface area contributed by atoms with Crippen molar-refractivity contribution < 1.29 is 40.7 Å². The minimum absolute atomic E-state index is 0.00988. The van der Waals surface area contributed by atoms with Gasteiger partial charge in [-0.15, -0.1) is 0 Å². The largest absolute Gasteiger partial charge is 0.445 e. The molecule has 5 rings (SSSR count). The number of nitrogens with one attached hydrogen (secondary N) is 1. The van der Waals surface area contributed by atoms with Crippen LogP contribution in [0.4, 0.5) is 31.1 Å². The molecule has 1 saturated heterocycles. The van der Waals surface area contributed by atoms with Crippen molar-refractivity contribution in [3.63, 3.8) is 0 Å². The third-order valence-electron chi connectivity index (χ3n) is 7.08. The van der Waals surface area contributed by atoms with Crippen molar-refractivity contribution in [2.24, 2.45) is 0 Å². The van der Waals surface area contributed by atoms with Gasteiger partial charge in [-0.1, -0.05) is 48.5 Å². The van der Waals surface area contributed by atoms with E-state index < -0.39 is 47.1 Å². The first-order valence-electron chi connectivity index (χ1n) is 13.0. The monoisotopic (exact) mass is 589 g/mol. The first-order valence-corrected chi connectivity index (χ1v) is 13.0. The lowest BCUT2D eigenvalue weighted by Gasteiger charge is -2.41. The second kappa shape index (κ2) is 11.4. The van der Waals surface area contributed by atoms with Crippen LogP contribution >= 0.6 is 0 Å². The quantitative estimate of drug-likeness (QED) is 0.257. The number of benzene rings is 3. The number of ether oxygens (including phenoxy) is 1. The first-order chi connectivity index (χ1) is 19.9. The Labute approximate surface area is 236 Å². The van der Waals surface area contributed by atoms with E-state index in [0.717, 1.165) is 16.5 Å². The molecule has 2 amide bonds. The number of carbonyl (C=O) groups is 2. The fraction of sp³-hybridized carbons (Fsp3) is 0.267. The van der Waals surface area contributed by atoms with Gasteiger partial charge in [0.2, 0.25) is 0 Å². The van der Waals surface area contributed by atoms with Gasteiger partial charge in [0, 0.05) is 42.8 Å². The third kappa shape index (κ3) is 6.53. The van der Waals surface area contributed by atoms with Gasteiger partial charge < -0.3 is 19.5 Å². The number of hydrogen-bond donors (Lipinski definition) is 1. The minimum atomic E-state index is -5.10. The number of halogens is 6. The normalized spacial score (nSPS) is 16.1. The number of amides is 2. The maximum absolute atomic E-state index is 13.6. The number of aromatic amines is 1. The molecule has 0 bridgehead atoms. The van der Waals surface area contributed by atoms with Crippen LogP contribution in [0.1, 0.15) is 32.7 Å². The van der Waals surface area contributed by atoms with Crippen molar-refractivity contribution in [2.45, 2.75) is 31.4 Å². The SMILES string of the molecule is O=C(OCc1ccccc1)N1CCN(C(=O)c2cc(C(F)(F)F)cc(C(F)(F)F)c2)C(Cc2cc3ccccc3[nH]2)C1. The lowest BCUT2D eigenvalue weighted by molar-refractivity contribution is -0.143. The Kier molecular flexibility index (Phi) is 7.89. The Balaban J connectivity index is 1.43. The van der Waals surface area contributed by atoms with Gasteiger partial charge in [-0.2, -0.15) is 26.3 Å². The van der Waals surface area contributed by atoms with E-state index >= 15 is 0 Å². The van der Waals surface area contributed by atoms with Crippen molar-refractivity contribution in [2.75, 3.05) is 19.6 Å². The molecule has 1 atom stereocenters. The molecule has 1 aromatic heterocycles. The number of hydrogen-bond acceptors (Lipinski definition) is 3. The Morgan fingerprint density at radius 2 is 1.48 bits per heavy atom. The molecule has 1 unspecified atom stereocenters. The van der Waals surface area contributed by atoms with Crippen LogP contribution in [0.5, 0.6) is 0 Å². The Morgan fingerprint density at radius 1 is 0.833 bits per heavy atom. The van der Waals surface area contributed by atoms with Gasteiger partial charge in [0.15, 0.2) is 0 Å². The molecule has 0 radical (unpaired) electrons. The number of alkyl halides is 6. The maximum Gasteiger partial charge on any atom is 0.416 e. The molecule has 220 valence electrons. The summed E-state index contributed by atoms with van der Waals surface area (Å²) in [6.07, 6.45) is -10.7. The summed E-state index contributed by atoms with van der Waals surface area (Å²) in [6, 6.07) is 18.3. The molecule has 1 fully saturated rings. The molecule has 2 heterocycles. The van der Waals surface area contributed by atoms with Crippen LogP contribution < -0.4 is 0 Å². The highest BCUT2D eigenvalue weighted by Gasteiger charge is 2.39. The zero-order chi connectivity index (χ0) is 30.1. The second-order valence-corrected chi connectivity index (χ2v) is 10.0. The average molecular weight is 590 g/mol. The van der Waals surface area contributed by atoms with Gasteiger partial charge in [0.1, 0.15) is 6.61 Å². The Bertz CT molecular complexity index is 1520. The number of carbonyl (C=O) groups excluding carboxylic acids is 2. The van der Waals surface area contributed by atoms with Crippen LogP contribution in [0.25, 0.3) is 10.9 Å². The van der Waals surface area contributed by atoms with E-state index in [9.17, 15) is 35.9 Å². The summed E-state index contributed by atoms with van der Waals surface area (Å²) in [5.74, 6) is -0.995. The average Bonchev–Trinajstić information content (AvgIpc) is 3.37. The van der Waals surface area contributed by atoms with Crippen LogP contribution in [0.2, 0.25) is 0 Å². The van der Waals surface area contributed by atoms with Crippen molar-refractivity contribution in [1.29, 1.82) is 0 Å². The molecule has 42 heavy (non-hydrogen) atoms. The molecular formula is C30H25F6N3O3. The zero-order valence-corrected chi connectivity index (χ0v) is 22.0. The molecule has 4 aromatic rings. The van der Waals surface area contributed by atoms with Crippen molar-refractivity contribution in [1.82, 2.24) is 14.8 Å². The molecule has 6 nitrogen and oxygen atoms in total. The van der Waals surface area contributed by atoms with Gasteiger partial charge in [0.05, 0.1) is 17.2 Å². The van der Waals surface area contributed by atoms with Gasteiger partial charge in [-0.25, -0.2) is 4.79 Å². The van der Waals surface area contributed by atoms with Crippen LogP contribution in [0.3, 0.4) is 0 Å². The topological polar surface area (TPSA) is 65.6 Å². The van der Waals surface area contributed by atoms with Crippen LogP contribution in [-0.2, 0) is 30.1 Å². The summed E-state index contributed by atoms with van der Waals surface area (Å²) in [4.78, 5) is 32.3. The highest BCUT2D eigenvalue weighted by atomic mass is 19.4. The smallest absolute Gasteiger partial charge is 0.416 e. The fourth-order valence-corrected chi connectivity index (χ4v) is 5.02. The van der Waals surface area contributed by atoms with E-state index in [4.69, 9.17) is 4.74 Å². The van der Waals surface area contributed by atoms with Crippen molar-refractivity contribution >= 4 is 22.9 Å². The Morgan fingerprint density at radius 3 is 2.12 bits per heavy atom. The van der Waals surface area contributed by atoms with E-state index in [1.165, 1.54) is 9.80 Å². The Hall–Kier alpha value is -4.48. The number of rotatable bonds is 5. The van der Waals surface area contributed by atoms with Crippen molar-refractivity contribution in [3.8, 4) is 0 Å². The van der Waals surface area contributed by atoms with E-state index in [2.05, 4.69) is 4.98 Å². The van der Waals surface area contributed by atoms with E-state index in [1.54, 1.807) is 24.3 Å². The van der Waals surface area contributed by atoms with E-state index in [1.807, 2.05) is 36.4 Å². The molecular weight excluding hydrogens is 564 g/mol. The van der Waals surface area contributed by atoms with E-state index in [0.29, 0.717) is 17.8 Å². The molecule has 12 heteroatoms. The summed E-state index contributed by atoms with van der Waals surface area (Å²) in [5.41, 5.74) is -1.63. The number of para-hydroxylation sites is 1. The number of fused-ring (bicyclic) bond motifs is 1. The van der Waals surface area contributed by atoms with Gasteiger partial charge in [-0.3, -0.25) is 4.79 Å². The van der Waals surface area contributed by atoms with Gasteiger partial charge >= 0.3 is 18.4 Å². The fourth-order valence-electron chi connectivity index (χ4n) is 5.02. The van der Waals surface area contributed by atoms with Crippen molar-refractivity contribution in [3.05, 3.63) is 107 Å². The number of H-pyrrole nitrogens is 1. The number of piperazine rings is 1. The number of nitrogens with zero attached hydrogens (tertiary/aromatic N) is 2.